The predicted molar refractivity (Wildman–Crippen MR) is 72.5 cm³/mol. The van der Waals surface area contributed by atoms with Gasteiger partial charge in [0.05, 0.1) is 0 Å². The summed E-state index contributed by atoms with van der Waals surface area (Å²) in [5.74, 6) is 0.332. The highest BCUT2D eigenvalue weighted by molar-refractivity contribution is 5.97. The van der Waals surface area contributed by atoms with E-state index in [4.69, 9.17) is 0 Å². The van der Waals surface area contributed by atoms with Crippen LogP contribution in [0.5, 0.6) is 0 Å². The summed E-state index contributed by atoms with van der Waals surface area (Å²) in [6.45, 7) is 4.17. The summed E-state index contributed by atoms with van der Waals surface area (Å²) < 4.78 is 0. The maximum Gasteiger partial charge on any atom is 0.251 e. The minimum Gasteiger partial charge on any atom is -0.355 e. The minimum atomic E-state index is -0.159. The van der Waals surface area contributed by atoms with Gasteiger partial charge in [0.25, 0.3) is 5.91 Å². The molecule has 0 fully saturated rings. The highest BCUT2D eigenvalue weighted by Crippen LogP contribution is 2.12. The molecule has 98 valence electrons. The molecule has 0 saturated heterocycles. The fraction of sp³-hybridized carbons (Fsp3) is 0.429. The summed E-state index contributed by atoms with van der Waals surface area (Å²) in [6, 6.07) is 6.91. The predicted octanol–water partition coefficient (Wildman–Crippen LogP) is 2.42. The normalized spacial score (nSPS) is 10.2. The average molecular weight is 248 g/mol. The molecule has 0 spiro atoms. The van der Waals surface area contributed by atoms with Crippen LogP contribution in [0.15, 0.2) is 24.3 Å². The van der Waals surface area contributed by atoms with Crippen LogP contribution in [0, 0.1) is 5.92 Å². The van der Waals surface area contributed by atoms with Crippen molar-refractivity contribution >= 4 is 17.5 Å². The van der Waals surface area contributed by atoms with E-state index < -0.39 is 0 Å². The number of carbonyl (C=O) groups excluding carboxylic acids is 2. The first-order valence-electron chi connectivity index (χ1n) is 6.15. The van der Waals surface area contributed by atoms with E-state index >= 15 is 0 Å². The zero-order valence-corrected chi connectivity index (χ0v) is 11.1. The lowest BCUT2D eigenvalue weighted by Crippen LogP contribution is -2.18. The highest BCUT2D eigenvalue weighted by Gasteiger charge is 2.07. The van der Waals surface area contributed by atoms with Crippen LogP contribution in [-0.4, -0.2) is 18.9 Å². The van der Waals surface area contributed by atoms with E-state index in [1.165, 1.54) is 0 Å². The summed E-state index contributed by atoms with van der Waals surface area (Å²) in [7, 11) is 1.58. The molecule has 0 aliphatic heterocycles. The van der Waals surface area contributed by atoms with Gasteiger partial charge in [0.1, 0.15) is 0 Å². The van der Waals surface area contributed by atoms with Crippen molar-refractivity contribution in [1.29, 1.82) is 0 Å². The monoisotopic (exact) mass is 248 g/mol. The van der Waals surface area contributed by atoms with Gasteiger partial charge in [-0.25, -0.2) is 0 Å². The summed E-state index contributed by atoms with van der Waals surface area (Å²) in [5.41, 5.74) is 1.20. The molecule has 0 bridgehead atoms. The Morgan fingerprint density at radius 3 is 2.61 bits per heavy atom. The maximum absolute atomic E-state index is 11.7. The SMILES string of the molecule is CNC(=O)c1cccc(NC(=O)CCC(C)C)c1. The van der Waals surface area contributed by atoms with Gasteiger partial charge < -0.3 is 10.6 Å². The third-order valence-electron chi connectivity index (χ3n) is 2.58. The van der Waals surface area contributed by atoms with E-state index in [1.54, 1.807) is 31.3 Å². The minimum absolute atomic E-state index is 0.0160. The van der Waals surface area contributed by atoms with Gasteiger partial charge >= 0.3 is 0 Å². The van der Waals surface area contributed by atoms with Crippen LogP contribution in [0.1, 0.15) is 37.0 Å². The van der Waals surface area contributed by atoms with Crippen molar-refractivity contribution in [2.45, 2.75) is 26.7 Å². The third kappa shape index (κ3) is 4.57. The smallest absolute Gasteiger partial charge is 0.251 e. The standard InChI is InChI=1S/C14H20N2O2/c1-10(2)7-8-13(17)16-12-6-4-5-11(9-12)14(18)15-3/h4-6,9-10H,7-8H2,1-3H3,(H,15,18)(H,16,17). The van der Waals surface area contributed by atoms with Crippen LogP contribution >= 0.6 is 0 Å². The molecule has 4 heteroatoms. The maximum atomic E-state index is 11.7. The largest absolute Gasteiger partial charge is 0.355 e. The lowest BCUT2D eigenvalue weighted by atomic mass is 10.1. The fourth-order valence-corrected chi connectivity index (χ4v) is 1.53. The fourth-order valence-electron chi connectivity index (χ4n) is 1.53. The van der Waals surface area contributed by atoms with Crippen molar-refractivity contribution in [1.82, 2.24) is 5.32 Å². The molecule has 1 rings (SSSR count). The number of amides is 2. The molecular formula is C14H20N2O2. The van der Waals surface area contributed by atoms with Crippen molar-refractivity contribution in [3.8, 4) is 0 Å². The zero-order chi connectivity index (χ0) is 13.5. The van der Waals surface area contributed by atoms with Crippen LogP contribution in [0.4, 0.5) is 5.69 Å². The van der Waals surface area contributed by atoms with Gasteiger partial charge in [0, 0.05) is 24.7 Å². The Morgan fingerprint density at radius 1 is 1.28 bits per heavy atom. The molecule has 0 saturated carbocycles. The Kier molecular flexibility index (Phi) is 5.36. The van der Waals surface area contributed by atoms with Crippen LogP contribution in [0.2, 0.25) is 0 Å². The Morgan fingerprint density at radius 2 is 2.00 bits per heavy atom. The van der Waals surface area contributed by atoms with Crippen molar-refractivity contribution in [3.63, 3.8) is 0 Å². The van der Waals surface area contributed by atoms with Gasteiger partial charge in [0.2, 0.25) is 5.91 Å². The van der Waals surface area contributed by atoms with Gasteiger partial charge in [-0.15, -0.1) is 0 Å². The molecule has 0 aliphatic rings. The first kappa shape index (κ1) is 14.2. The van der Waals surface area contributed by atoms with Crippen molar-refractivity contribution < 1.29 is 9.59 Å². The van der Waals surface area contributed by atoms with Gasteiger partial charge in [-0.2, -0.15) is 0 Å². The van der Waals surface area contributed by atoms with Gasteiger partial charge in [-0.3, -0.25) is 9.59 Å². The molecule has 0 radical (unpaired) electrons. The summed E-state index contributed by atoms with van der Waals surface area (Å²) in [4.78, 5) is 23.1. The number of carbonyl (C=O) groups is 2. The molecule has 0 heterocycles. The second kappa shape index (κ2) is 6.79. The van der Waals surface area contributed by atoms with Crippen molar-refractivity contribution in [3.05, 3.63) is 29.8 Å². The van der Waals surface area contributed by atoms with E-state index in [2.05, 4.69) is 24.5 Å². The Balaban J connectivity index is 2.62. The number of hydrogen-bond acceptors (Lipinski definition) is 2. The van der Waals surface area contributed by atoms with Crippen molar-refractivity contribution in [2.75, 3.05) is 12.4 Å². The van der Waals surface area contributed by atoms with Gasteiger partial charge in [-0.05, 0) is 30.5 Å². The Hall–Kier alpha value is -1.84. The molecule has 0 unspecified atom stereocenters. The number of benzene rings is 1. The molecular weight excluding hydrogens is 228 g/mol. The zero-order valence-electron chi connectivity index (χ0n) is 11.1. The second-order valence-corrected chi connectivity index (χ2v) is 4.64. The topological polar surface area (TPSA) is 58.2 Å². The second-order valence-electron chi connectivity index (χ2n) is 4.64. The number of hydrogen-bond donors (Lipinski definition) is 2. The molecule has 0 atom stereocenters. The number of nitrogens with one attached hydrogen (secondary N) is 2. The first-order chi connectivity index (χ1) is 8.52. The van der Waals surface area contributed by atoms with Crippen LogP contribution in [0.3, 0.4) is 0 Å². The molecule has 1 aromatic carbocycles. The third-order valence-corrected chi connectivity index (χ3v) is 2.58. The lowest BCUT2D eigenvalue weighted by molar-refractivity contribution is -0.116. The quantitative estimate of drug-likeness (QED) is 0.840. The van der Waals surface area contributed by atoms with Crippen LogP contribution < -0.4 is 10.6 Å². The van der Waals surface area contributed by atoms with E-state index in [-0.39, 0.29) is 11.8 Å². The van der Waals surface area contributed by atoms with E-state index in [1.807, 2.05) is 0 Å². The molecule has 18 heavy (non-hydrogen) atoms. The number of rotatable bonds is 5. The molecule has 2 amide bonds. The van der Waals surface area contributed by atoms with E-state index in [0.29, 0.717) is 23.6 Å². The van der Waals surface area contributed by atoms with Gasteiger partial charge in [0.15, 0.2) is 0 Å². The highest BCUT2D eigenvalue weighted by atomic mass is 16.2. The lowest BCUT2D eigenvalue weighted by Gasteiger charge is -2.08. The molecule has 2 N–H and O–H groups in total. The Labute approximate surface area is 108 Å². The van der Waals surface area contributed by atoms with Gasteiger partial charge in [-0.1, -0.05) is 19.9 Å². The summed E-state index contributed by atoms with van der Waals surface area (Å²) in [6.07, 6.45) is 1.36. The molecule has 0 aliphatic carbocycles. The summed E-state index contributed by atoms with van der Waals surface area (Å²) >= 11 is 0. The molecule has 4 nitrogen and oxygen atoms in total. The Bertz CT molecular complexity index is 428. The van der Waals surface area contributed by atoms with Crippen molar-refractivity contribution in [2.24, 2.45) is 5.92 Å². The van der Waals surface area contributed by atoms with Crippen LogP contribution in [0.25, 0.3) is 0 Å². The van der Waals surface area contributed by atoms with E-state index in [9.17, 15) is 9.59 Å². The summed E-state index contributed by atoms with van der Waals surface area (Å²) in [5, 5.41) is 5.35. The van der Waals surface area contributed by atoms with E-state index in [0.717, 1.165) is 6.42 Å². The van der Waals surface area contributed by atoms with Crippen LogP contribution in [-0.2, 0) is 4.79 Å². The number of anilines is 1. The first-order valence-corrected chi connectivity index (χ1v) is 6.15. The molecule has 1 aromatic rings. The molecule has 0 aromatic heterocycles. The average Bonchev–Trinajstić information content (AvgIpc) is 2.35.